The summed E-state index contributed by atoms with van der Waals surface area (Å²) in [6.07, 6.45) is 5.14. The molecular weight excluding hydrogens is 406 g/mol. The molecule has 0 atom stereocenters. The van der Waals surface area contributed by atoms with E-state index in [-0.39, 0.29) is 11.3 Å². The van der Waals surface area contributed by atoms with Gasteiger partial charge < -0.3 is 14.8 Å². The maximum atomic E-state index is 12.4. The third-order valence-electron chi connectivity index (χ3n) is 5.04. The molecule has 3 rings (SSSR count). The van der Waals surface area contributed by atoms with E-state index in [2.05, 4.69) is 33.4 Å². The monoisotopic (exact) mass is 429 g/mol. The van der Waals surface area contributed by atoms with Gasteiger partial charge in [-0.15, -0.1) is 0 Å². The number of carbonyl (C=O) groups excluding carboxylic acids is 1. The van der Waals surface area contributed by atoms with Gasteiger partial charge in [0.25, 0.3) is 0 Å². The van der Waals surface area contributed by atoms with E-state index in [1.807, 2.05) is 36.4 Å². The van der Waals surface area contributed by atoms with Crippen LogP contribution in [0.15, 0.2) is 59.1 Å². The van der Waals surface area contributed by atoms with Gasteiger partial charge in [-0.05, 0) is 42.7 Å². The lowest BCUT2D eigenvalue weighted by atomic mass is 9.74. The van der Waals surface area contributed by atoms with Gasteiger partial charge in [-0.25, -0.2) is 0 Å². The SMILES string of the molecule is COc1ccc(Br)cc1/C=C/C(=O)NCC1(c2ccccc2)CCOCC1. The summed E-state index contributed by atoms with van der Waals surface area (Å²) in [6, 6.07) is 16.1. The number of rotatable bonds is 6. The minimum Gasteiger partial charge on any atom is -0.496 e. The number of amides is 1. The fourth-order valence-corrected chi connectivity index (χ4v) is 3.82. The molecule has 0 spiro atoms. The van der Waals surface area contributed by atoms with E-state index < -0.39 is 0 Å². The molecule has 142 valence electrons. The Morgan fingerprint density at radius 2 is 1.96 bits per heavy atom. The van der Waals surface area contributed by atoms with Gasteiger partial charge in [-0.3, -0.25) is 4.79 Å². The van der Waals surface area contributed by atoms with E-state index in [4.69, 9.17) is 9.47 Å². The number of ether oxygens (including phenoxy) is 2. The molecule has 0 bridgehead atoms. The van der Waals surface area contributed by atoms with Gasteiger partial charge in [0.2, 0.25) is 5.91 Å². The maximum Gasteiger partial charge on any atom is 0.244 e. The summed E-state index contributed by atoms with van der Waals surface area (Å²) >= 11 is 3.45. The second-order valence-electron chi connectivity index (χ2n) is 6.70. The molecule has 1 saturated heterocycles. The molecule has 1 N–H and O–H groups in total. The van der Waals surface area contributed by atoms with Crippen molar-refractivity contribution in [3.63, 3.8) is 0 Å². The zero-order valence-electron chi connectivity index (χ0n) is 15.4. The highest BCUT2D eigenvalue weighted by molar-refractivity contribution is 9.10. The van der Waals surface area contributed by atoms with Crippen molar-refractivity contribution in [2.45, 2.75) is 18.3 Å². The van der Waals surface area contributed by atoms with Gasteiger partial charge in [0.05, 0.1) is 7.11 Å². The first kappa shape index (κ1) is 19.6. The molecule has 1 amide bonds. The summed E-state index contributed by atoms with van der Waals surface area (Å²) in [5.41, 5.74) is 2.04. The van der Waals surface area contributed by atoms with Gasteiger partial charge in [-0.2, -0.15) is 0 Å². The number of benzene rings is 2. The van der Waals surface area contributed by atoms with E-state index in [0.717, 1.165) is 41.8 Å². The van der Waals surface area contributed by atoms with Crippen LogP contribution in [-0.4, -0.2) is 32.8 Å². The maximum absolute atomic E-state index is 12.4. The number of hydrogen-bond acceptors (Lipinski definition) is 3. The Hall–Kier alpha value is -2.11. The van der Waals surface area contributed by atoms with Crippen molar-refractivity contribution in [2.75, 3.05) is 26.9 Å². The summed E-state index contributed by atoms with van der Waals surface area (Å²) in [7, 11) is 1.62. The number of methoxy groups -OCH3 is 1. The first-order chi connectivity index (χ1) is 13.1. The lowest BCUT2D eigenvalue weighted by Gasteiger charge is -2.37. The molecule has 1 aliphatic heterocycles. The number of carbonyl (C=O) groups is 1. The minimum atomic E-state index is -0.112. The molecule has 2 aromatic rings. The van der Waals surface area contributed by atoms with Crippen molar-refractivity contribution >= 4 is 27.9 Å². The highest BCUT2D eigenvalue weighted by atomic mass is 79.9. The summed E-state index contributed by atoms with van der Waals surface area (Å²) < 4.78 is 11.8. The van der Waals surface area contributed by atoms with Crippen molar-refractivity contribution in [1.82, 2.24) is 5.32 Å². The Morgan fingerprint density at radius 1 is 1.22 bits per heavy atom. The van der Waals surface area contributed by atoms with Gasteiger partial charge in [0, 0.05) is 41.3 Å². The molecule has 27 heavy (non-hydrogen) atoms. The smallest absolute Gasteiger partial charge is 0.244 e. The Kier molecular flexibility index (Phi) is 6.69. The highest BCUT2D eigenvalue weighted by Crippen LogP contribution is 2.34. The van der Waals surface area contributed by atoms with E-state index in [1.54, 1.807) is 19.3 Å². The molecule has 4 nitrogen and oxygen atoms in total. The molecule has 0 unspecified atom stereocenters. The summed E-state index contributed by atoms with van der Waals surface area (Å²) in [4.78, 5) is 12.4. The third kappa shape index (κ3) is 4.99. The normalized spacial score (nSPS) is 16.2. The summed E-state index contributed by atoms with van der Waals surface area (Å²) in [5.74, 6) is 0.617. The Labute approximate surface area is 168 Å². The number of nitrogens with one attached hydrogen (secondary N) is 1. The fraction of sp³-hybridized carbons (Fsp3) is 0.318. The van der Waals surface area contributed by atoms with Crippen LogP contribution in [0.3, 0.4) is 0 Å². The molecule has 0 saturated carbocycles. The first-order valence-electron chi connectivity index (χ1n) is 9.06. The summed E-state index contributed by atoms with van der Waals surface area (Å²) in [5, 5.41) is 3.08. The van der Waals surface area contributed by atoms with E-state index >= 15 is 0 Å². The largest absolute Gasteiger partial charge is 0.496 e. The zero-order chi connectivity index (χ0) is 19.1. The number of hydrogen-bond donors (Lipinski definition) is 1. The lowest BCUT2D eigenvalue weighted by Crippen LogP contribution is -2.44. The van der Waals surface area contributed by atoms with Gasteiger partial charge >= 0.3 is 0 Å². The highest BCUT2D eigenvalue weighted by Gasteiger charge is 2.34. The van der Waals surface area contributed by atoms with Crippen LogP contribution in [-0.2, 0) is 14.9 Å². The molecule has 0 aliphatic carbocycles. The van der Waals surface area contributed by atoms with E-state index in [0.29, 0.717) is 6.54 Å². The molecule has 2 aromatic carbocycles. The second-order valence-corrected chi connectivity index (χ2v) is 7.61. The van der Waals surface area contributed by atoms with Gasteiger partial charge in [0.1, 0.15) is 5.75 Å². The molecule has 1 aliphatic rings. The molecule has 5 heteroatoms. The average molecular weight is 430 g/mol. The molecule has 1 fully saturated rings. The number of halogens is 1. The van der Waals surface area contributed by atoms with Crippen molar-refractivity contribution < 1.29 is 14.3 Å². The van der Waals surface area contributed by atoms with E-state index in [9.17, 15) is 4.79 Å². The first-order valence-corrected chi connectivity index (χ1v) is 9.85. The van der Waals surface area contributed by atoms with Crippen LogP contribution in [0.5, 0.6) is 5.75 Å². The van der Waals surface area contributed by atoms with Crippen LogP contribution in [0, 0.1) is 0 Å². The van der Waals surface area contributed by atoms with Crippen LogP contribution in [0.4, 0.5) is 0 Å². The Balaban J connectivity index is 1.69. The molecule has 1 heterocycles. The second kappa shape index (κ2) is 9.20. The van der Waals surface area contributed by atoms with Crippen LogP contribution >= 0.6 is 15.9 Å². The van der Waals surface area contributed by atoms with Crippen LogP contribution in [0.25, 0.3) is 6.08 Å². The summed E-state index contributed by atoms with van der Waals surface area (Å²) in [6.45, 7) is 2.03. The van der Waals surface area contributed by atoms with Crippen LogP contribution in [0.1, 0.15) is 24.0 Å². The Morgan fingerprint density at radius 3 is 2.67 bits per heavy atom. The van der Waals surface area contributed by atoms with Crippen LogP contribution in [0.2, 0.25) is 0 Å². The van der Waals surface area contributed by atoms with Crippen molar-refractivity contribution in [1.29, 1.82) is 0 Å². The standard InChI is InChI=1S/C22H24BrNO3/c1-26-20-9-8-19(23)15-17(20)7-10-21(25)24-16-22(11-13-27-14-12-22)18-5-3-2-4-6-18/h2-10,15H,11-14,16H2,1H3,(H,24,25)/b10-7+. The molecular formula is C22H24BrNO3. The Bertz CT molecular complexity index is 798. The van der Waals surface area contributed by atoms with Gasteiger partial charge in [0.15, 0.2) is 0 Å². The van der Waals surface area contributed by atoms with Crippen molar-refractivity contribution in [3.05, 3.63) is 70.2 Å². The van der Waals surface area contributed by atoms with Crippen molar-refractivity contribution in [2.24, 2.45) is 0 Å². The van der Waals surface area contributed by atoms with Crippen LogP contribution < -0.4 is 10.1 Å². The average Bonchev–Trinajstić information content (AvgIpc) is 2.72. The molecule has 0 aromatic heterocycles. The predicted molar refractivity (Wildman–Crippen MR) is 111 cm³/mol. The van der Waals surface area contributed by atoms with E-state index in [1.165, 1.54) is 5.56 Å². The third-order valence-corrected chi connectivity index (χ3v) is 5.54. The fourth-order valence-electron chi connectivity index (χ4n) is 3.44. The molecule has 0 radical (unpaired) electrons. The van der Waals surface area contributed by atoms with Crippen molar-refractivity contribution in [3.8, 4) is 5.75 Å². The lowest BCUT2D eigenvalue weighted by molar-refractivity contribution is -0.116. The predicted octanol–water partition coefficient (Wildman–Crippen LogP) is 4.34. The minimum absolute atomic E-state index is 0.0729. The van der Waals surface area contributed by atoms with Gasteiger partial charge in [-0.1, -0.05) is 46.3 Å². The zero-order valence-corrected chi connectivity index (χ0v) is 17.0. The quantitative estimate of drug-likeness (QED) is 0.694. The topological polar surface area (TPSA) is 47.6 Å².